The maximum atomic E-state index is 9.13. The van der Waals surface area contributed by atoms with Gasteiger partial charge in [0.1, 0.15) is 0 Å². The lowest BCUT2D eigenvalue weighted by molar-refractivity contribution is 1.82. The van der Waals surface area contributed by atoms with Gasteiger partial charge in [0.05, 0.1) is 19.2 Å². The molecule has 0 heteroatoms. The minimum Gasteiger partial charge on any atom is -0.0616 e. The Hall–Kier alpha value is -3.64. The van der Waals surface area contributed by atoms with Crippen molar-refractivity contribution >= 4 is 75.4 Å². The monoisotopic (exact) mass is 364 g/mol. The quantitative estimate of drug-likeness (QED) is 0.239. The van der Waals surface area contributed by atoms with Gasteiger partial charge in [0.15, 0.2) is 0 Å². The fraction of sp³-hybridized carbons (Fsp3) is 0. The number of benzene rings is 7. The van der Waals surface area contributed by atoms with Gasteiger partial charge in [-0.1, -0.05) is 84.6 Å². The molecule has 0 saturated heterocycles. The van der Waals surface area contributed by atoms with Crippen molar-refractivity contribution < 1.29 is 19.2 Å². The third kappa shape index (κ3) is 1.28. The van der Waals surface area contributed by atoms with Crippen LogP contribution >= 0.6 is 0 Å². The molecule has 0 unspecified atom stereocenters. The van der Waals surface area contributed by atoms with Crippen LogP contribution < -0.4 is 0 Å². The Morgan fingerprint density at radius 3 is 1.04 bits per heavy atom. The van der Waals surface area contributed by atoms with Crippen LogP contribution in [0.25, 0.3) is 75.4 Å². The van der Waals surface area contributed by atoms with Crippen molar-refractivity contribution in [3.63, 3.8) is 0 Å². The van der Waals surface area contributed by atoms with Crippen LogP contribution in [0, 0.1) is 0 Å². The Labute approximate surface area is 180 Å². The highest BCUT2D eigenvalue weighted by Crippen LogP contribution is 2.52. The molecule has 8 aromatic carbocycles. The lowest BCUT2D eigenvalue weighted by Gasteiger charge is -2.11. The van der Waals surface area contributed by atoms with E-state index in [0.717, 1.165) is 0 Å². The zero-order chi connectivity index (χ0) is 30.2. The maximum absolute atomic E-state index is 9.13. The van der Waals surface area contributed by atoms with Gasteiger partial charge in [-0.25, -0.2) is 0 Å². The molecule has 0 aliphatic rings. The zero-order valence-corrected chi connectivity index (χ0v) is 14.0. The standard InChI is InChI=1S/C28H14/c1-3-7-18-16(5-1)20-11-9-15-10-12-21-17-6-2-4-8-19(17)23-14-13-22(18)27-25(20)24(15)26(21)28(23)27/h1-14H/i1D,2D,3D,4D,5D,6D,7D,8D,9D,10D,11D,12D,13D,14D. The molecule has 0 saturated carbocycles. The van der Waals surface area contributed by atoms with E-state index in [1.165, 1.54) is 0 Å². The van der Waals surface area contributed by atoms with E-state index in [9.17, 15) is 0 Å². The Balaban J connectivity index is 1.98. The normalized spacial score (nSPS) is 20.0. The lowest BCUT2D eigenvalue weighted by Crippen LogP contribution is -1.83. The zero-order valence-electron chi connectivity index (χ0n) is 28.0. The second kappa shape index (κ2) is 4.26. The molecule has 28 heavy (non-hydrogen) atoms. The molecule has 0 bridgehead atoms. The van der Waals surface area contributed by atoms with Crippen molar-refractivity contribution in [2.75, 3.05) is 0 Å². The molecule has 0 nitrogen and oxygen atoms in total. The first-order valence-corrected chi connectivity index (χ1v) is 8.75. The highest BCUT2D eigenvalue weighted by molar-refractivity contribution is 6.51. The van der Waals surface area contributed by atoms with Gasteiger partial charge in [0, 0.05) is 0 Å². The molecule has 0 spiro atoms. The Kier molecular flexibility index (Phi) is 0.983. The van der Waals surface area contributed by atoms with Crippen LogP contribution in [0.5, 0.6) is 0 Å². The molecule has 0 N–H and O–H groups in total. The SMILES string of the molecule is [2H]c1c([2H])c([2H])c2c(c1[2H])c1c([2H])c([2H])c3c([2H])c([2H])c4c5c([2H])c([2H])c([2H])c([2H])c5c5c([2H])c([2H])c2c2c1c3c4c52. The van der Waals surface area contributed by atoms with Crippen LogP contribution in [0.15, 0.2) is 84.6 Å². The first-order chi connectivity index (χ1) is 19.7. The molecule has 0 aromatic heterocycles. The van der Waals surface area contributed by atoms with Crippen LogP contribution in [0.2, 0.25) is 0 Å². The van der Waals surface area contributed by atoms with E-state index in [1.54, 1.807) is 0 Å². The van der Waals surface area contributed by atoms with Crippen molar-refractivity contribution in [2.24, 2.45) is 0 Å². The summed E-state index contributed by atoms with van der Waals surface area (Å²) >= 11 is 0. The van der Waals surface area contributed by atoms with Crippen LogP contribution in [0.3, 0.4) is 0 Å². The molecular formula is C28H14. The van der Waals surface area contributed by atoms with E-state index >= 15 is 0 Å². The van der Waals surface area contributed by atoms with Crippen LogP contribution in [0.4, 0.5) is 0 Å². The summed E-state index contributed by atoms with van der Waals surface area (Å²) in [6.45, 7) is 0. The predicted octanol–water partition coefficient (Wildman–Crippen LogP) is 8.07. The fourth-order valence-electron chi connectivity index (χ4n) is 4.78. The van der Waals surface area contributed by atoms with Crippen molar-refractivity contribution in [3.05, 3.63) is 84.6 Å². The Morgan fingerprint density at radius 2 is 0.643 bits per heavy atom. The summed E-state index contributed by atoms with van der Waals surface area (Å²) in [6.07, 6.45) is 0. The molecule has 0 aliphatic carbocycles. The molecule has 0 atom stereocenters. The van der Waals surface area contributed by atoms with Gasteiger partial charge in [-0.15, -0.1) is 0 Å². The smallest absolute Gasteiger partial charge is 0.0616 e. The van der Waals surface area contributed by atoms with Crippen molar-refractivity contribution in [1.82, 2.24) is 0 Å². The summed E-state index contributed by atoms with van der Waals surface area (Å²) in [7, 11) is 0. The van der Waals surface area contributed by atoms with Gasteiger partial charge < -0.3 is 0 Å². The molecule has 0 radical (unpaired) electrons. The van der Waals surface area contributed by atoms with E-state index in [0.29, 0.717) is 0 Å². The number of fused-ring (bicyclic) bond motifs is 6. The van der Waals surface area contributed by atoms with E-state index < -0.39 is 84.6 Å². The van der Waals surface area contributed by atoms with Crippen LogP contribution in [-0.4, -0.2) is 0 Å². The maximum Gasteiger partial charge on any atom is 0.0630 e. The molecule has 0 amide bonds. The Morgan fingerprint density at radius 1 is 0.321 bits per heavy atom. The predicted molar refractivity (Wildman–Crippen MR) is 123 cm³/mol. The summed E-state index contributed by atoms with van der Waals surface area (Å²) in [5.74, 6) is 0. The van der Waals surface area contributed by atoms with Crippen molar-refractivity contribution in [1.29, 1.82) is 0 Å². The van der Waals surface area contributed by atoms with Gasteiger partial charge in [-0.2, -0.15) is 0 Å². The second-order valence-corrected chi connectivity index (χ2v) is 7.00. The minimum absolute atomic E-state index is 0.0104. The summed E-state index contributed by atoms with van der Waals surface area (Å²) in [6, 6.07) is -6.78. The summed E-state index contributed by atoms with van der Waals surface area (Å²) < 4.78 is 123. The largest absolute Gasteiger partial charge is 0.0630 e. The van der Waals surface area contributed by atoms with Gasteiger partial charge in [-0.05, 0) is 75.4 Å². The van der Waals surface area contributed by atoms with E-state index in [-0.39, 0.29) is 75.4 Å². The number of hydrogen-bond acceptors (Lipinski definition) is 0. The molecular weight excluding hydrogens is 336 g/mol. The second-order valence-electron chi connectivity index (χ2n) is 7.00. The molecule has 0 fully saturated rings. The van der Waals surface area contributed by atoms with Crippen LogP contribution in [-0.2, 0) is 0 Å². The summed E-state index contributed by atoms with van der Waals surface area (Å²) in [5.41, 5.74) is 0. The number of hydrogen-bond donors (Lipinski definition) is 0. The first-order valence-electron chi connectivity index (χ1n) is 15.8. The van der Waals surface area contributed by atoms with E-state index in [1.807, 2.05) is 0 Å². The first kappa shape index (κ1) is 6.46. The fourth-order valence-corrected chi connectivity index (χ4v) is 4.78. The Bertz CT molecular complexity index is 2430. The number of rotatable bonds is 0. The average molecular weight is 365 g/mol. The van der Waals surface area contributed by atoms with Crippen molar-refractivity contribution in [3.8, 4) is 0 Å². The topological polar surface area (TPSA) is 0 Å². The summed E-state index contributed by atoms with van der Waals surface area (Å²) in [4.78, 5) is 0. The van der Waals surface area contributed by atoms with Gasteiger partial charge >= 0.3 is 0 Å². The third-order valence-corrected chi connectivity index (χ3v) is 5.81. The molecule has 126 valence electrons. The molecule has 8 rings (SSSR count). The summed E-state index contributed by atoms with van der Waals surface area (Å²) in [5, 5.41) is 0.848. The van der Waals surface area contributed by atoms with Gasteiger partial charge in [-0.3, -0.25) is 0 Å². The highest BCUT2D eigenvalue weighted by atomic mass is 14.3. The highest BCUT2D eigenvalue weighted by Gasteiger charge is 2.23. The van der Waals surface area contributed by atoms with Gasteiger partial charge in [0.25, 0.3) is 0 Å². The van der Waals surface area contributed by atoms with Gasteiger partial charge in [0.2, 0.25) is 0 Å². The van der Waals surface area contributed by atoms with Crippen molar-refractivity contribution in [2.45, 2.75) is 0 Å². The molecule has 0 heterocycles. The van der Waals surface area contributed by atoms with E-state index in [4.69, 9.17) is 19.2 Å². The third-order valence-electron chi connectivity index (χ3n) is 5.81. The average Bonchev–Trinajstić information content (AvgIpc) is 3.30. The minimum atomic E-state index is -0.575. The van der Waals surface area contributed by atoms with E-state index in [2.05, 4.69) is 0 Å². The molecule has 8 aromatic rings. The lowest BCUT2D eigenvalue weighted by atomic mass is 9.92. The molecule has 0 aliphatic heterocycles. The van der Waals surface area contributed by atoms with Crippen LogP contribution in [0.1, 0.15) is 19.2 Å².